The lowest BCUT2D eigenvalue weighted by molar-refractivity contribution is -0.143. The van der Waals surface area contributed by atoms with Crippen molar-refractivity contribution in [2.45, 2.75) is 58.6 Å². The molecule has 0 fully saturated rings. The third-order valence-electron chi connectivity index (χ3n) is 4.60. The van der Waals surface area contributed by atoms with Gasteiger partial charge in [0, 0.05) is 19.0 Å². The second-order valence-electron chi connectivity index (χ2n) is 6.45. The van der Waals surface area contributed by atoms with E-state index in [1.807, 2.05) is 24.3 Å². The summed E-state index contributed by atoms with van der Waals surface area (Å²) in [5, 5.41) is 3.06. The first-order valence-corrected chi connectivity index (χ1v) is 9.55. The van der Waals surface area contributed by atoms with Crippen LogP contribution in [0.4, 0.5) is 5.69 Å². The fourth-order valence-electron chi connectivity index (χ4n) is 3.09. The number of ether oxygens (including phenoxy) is 2. The Labute approximate surface area is 155 Å². The Bertz CT molecular complexity index is 601. The Balaban J connectivity index is 2.02. The van der Waals surface area contributed by atoms with E-state index >= 15 is 0 Å². The summed E-state index contributed by atoms with van der Waals surface area (Å²) < 4.78 is 10.9. The van der Waals surface area contributed by atoms with E-state index in [4.69, 9.17) is 9.47 Å². The first kappa shape index (κ1) is 20.1. The second-order valence-corrected chi connectivity index (χ2v) is 6.45. The molecule has 0 aromatic heterocycles. The minimum Gasteiger partial charge on any atom is -0.477 e. The van der Waals surface area contributed by atoms with Crippen molar-refractivity contribution in [1.29, 1.82) is 0 Å². The van der Waals surface area contributed by atoms with Gasteiger partial charge in [0.15, 0.2) is 6.10 Å². The molecule has 1 aromatic carbocycles. The molecule has 1 heterocycles. The van der Waals surface area contributed by atoms with Gasteiger partial charge in [0.25, 0.3) is 5.91 Å². The summed E-state index contributed by atoms with van der Waals surface area (Å²) in [4.78, 5) is 26.3. The monoisotopic (exact) mass is 362 g/mol. The molecule has 144 valence electrons. The van der Waals surface area contributed by atoms with Gasteiger partial charge in [0.1, 0.15) is 5.75 Å². The summed E-state index contributed by atoms with van der Waals surface area (Å²) in [5.41, 5.74) is 0.961. The molecule has 1 N–H and O–H groups in total. The zero-order valence-corrected chi connectivity index (χ0v) is 16.0. The van der Waals surface area contributed by atoms with Crippen molar-refractivity contribution in [1.82, 2.24) is 5.32 Å². The van der Waals surface area contributed by atoms with Crippen molar-refractivity contribution in [3.63, 3.8) is 0 Å². The lowest BCUT2D eigenvalue weighted by atomic mass is 10.1. The van der Waals surface area contributed by atoms with Gasteiger partial charge in [-0.1, -0.05) is 26.0 Å². The molecule has 1 unspecified atom stereocenters. The van der Waals surface area contributed by atoms with E-state index < -0.39 is 6.10 Å². The van der Waals surface area contributed by atoms with Crippen molar-refractivity contribution < 1.29 is 19.1 Å². The van der Waals surface area contributed by atoms with Gasteiger partial charge >= 0.3 is 5.97 Å². The summed E-state index contributed by atoms with van der Waals surface area (Å²) in [6, 6.07) is 7.88. The number of rotatable bonds is 9. The van der Waals surface area contributed by atoms with Gasteiger partial charge in [-0.15, -0.1) is 0 Å². The Morgan fingerprint density at radius 3 is 2.69 bits per heavy atom. The molecule has 1 atom stereocenters. The van der Waals surface area contributed by atoms with E-state index in [2.05, 4.69) is 24.1 Å². The van der Waals surface area contributed by atoms with E-state index in [1.54, 1.807) is 6.92 Å². The number of benzene rings is 1. The highest BCUT2D eigenvalue weighted by Crippen LogP contribution is 2.33. The zero-order valence-electron chi connectivity index (χ0n) is 16.0. The first-order valence-electron chi connectivity index (χ1n) is 9.55. The number of anilines is 1. The average Bonchev–Trinajstić information content (AvgIpc) is 2.65. The molecule has 1 aliphatic heterocycles. The third-order valence-corrected chi connectivity index (χ3v) is 4.60. The highest BCUT2D eigenvalue weighted by Gasteiger charge is 2.31. The van der Waals surface area contributed by atoms with Gasteiger partial charge < -0.3 is 19.7 Å². The van der Waals surface area contributed by atoms with E-state index in [0.29, 0.717) is 38.3 Å². The van der Waals surface area contributed by atoms with Crippen LogP contribution < -0.4 is 15.0 Å². The molecule has 1 amide bonds. The summed E-state index contributed by atoms with van der Waals surface area (Å²) in [7, 11) is 0. The molecule has 0 bridgehead atoms. The van der Waals surface area contributed by atoms with E-state index in [0.717, 1.165) is 18.5 Å². The maximum absolute atomic E-state index is 12.6. The average molecular weight is 362 g/mol. The van der Waals surface area contributed by atoms with Crippen LogP contribution in [-0.2, 0) is 14.3 Å². The summed E-state index contributed by atoms with van der Waals surface area (Å²) >= 11 is 0. The molecular weight excluding hydrogens is 332 g/mol. The number of nitrogens with one attached hydrogen (secondary N) is 1. The Kier molecular flexibility index (Phi) is 7.75. The normalized spacial score (nSPS) is 16.0. The van der Waals surface area contributed by atoms with Crippen LogP contribution in [0.15, 0.2) is 24.3 Å². The Morgan fingerprint density at radius 1 is 1.27 bits per heavy atom. The first-order chi connectivity index (χ1) is 12.6. The van der Waals surface area contributed by atoms with Crippen molar-refractivity contribution in [2.24, 2.45) is 0 Å². The number of hydrogen-bond donors (Lipinski definition) is 1. The molecule has 26 heavy (non-hydrogen) atoms. The minimum atomic E-state index is -0.548. The van der Waals surface area contributed by atoms with Gasteiger partial charge in [0.05, 0.1) is 18.8 Å². The van der Waals surface area contributed by atoms with Crippen molar-refractivity contribution >= 4 is 17.6 Å². The molecule has 2 rings (SSSR count). The fourth-order valence-corrected chi connectivity index (χ4v) is 3.09. The number of fused-ring (bicyclic) bond motifs is 1. The standard InChI is InChI=1S/C20H30N2O4/c1-4-15(5-2)21-20(24)18-14-22(13-9-12-19(23)25-6-3)16-10-7-8-11-17(16)26-18/h7-8,10-11,15,18H,4-6,9,12-14H2,1-3H3,(H,21,24). The van der Waals surface area contributed by atoms with Crippen LogP contribution in [0.1, 0.15) is 46.5 Å². The van der Waals surface area contributed by atoms with Gasteiger partial charge in [-0.2, -0.15) is 0 Å². The van der Waals surface area contributed by atoms with E-state index in [1.165, 1.54) is 0 Å². The number of esters is 1. The van der Waals surface area contributed by atoms with Gasteiger partial charge in [-0.3, -0.25) is 9.59 Å². The SMILES string of the molecule is CCOC(=O)CCCN1CC(C(=O)NC(CC)CC)Oc2ccccc21. The Morgan fingerprint density at radius 2 is 2.00 bits per heavy atom. The van der Waals surface area contributed by atoms with Crippen LogP contribution in [0.3, 0.4) is 0 Å². The quantitative estimate of drug-likeness (QED) is 0.684. The molecule has 0 saturated carbocycles. The predicted octanol–water partition coefficient (Wildman–Crippen LogP) is 2.90. The number of para-hydroxylation sites is 2. The van der Waals surface area contributed by atoms with Gasteiger partial charge in [0.2, 0.25) is 0 Å². The topological polar surface area (TPSA) is 67.9 Å². The zero-order chi connectivity index (χ0) is 18.9. The van der Waals surface area contributed by atoms with Crippen molar-refractivity contribution in [2.75, 3.05) is 24.6 Å². The number of hydrogen-bond acceptors (Lipinski definition) is 5. The van der Waals surface area contributed by atoms with Gasteiger partial charge in [-0.25, -0.2) is 0 Å². The van der Waals surface area contributed by atoms with Gasteiger partial charge in [-0.05, 0) is 38.3 Å². The van der Waals surface area contributed by atoms with Crippen molar-refractivity contribution in [3.8, 4) is 5.75 Å². The fraction of sp³-hybridized carbons (Fsp3) is 0.600. The third kappa shape index (κ3) is 5.38. The number of carbonyl (C=O) groups excluding carboxylic acids is 2. The molecule has 1 aromatic rings. The highest BCUT2D eigenvalue weighted by molar-refractivity contribution is 5.83. The molecule has 0 spiro atoms. The summed E-state index contributed by atoms with van der Waals surface area (Å²) in [5.74, 6) is 0.445. The predicted molar refractivity (Wildman–Crippen MR) is 101 cm³/mol. The maximum Gasteiger partial charge on any atom is 0.305 e. The van der Waals surface area contributed by atoms with E-state index in [9.17, 15) is 9.59 Å². The minimum absolute atomic E-state index is 0.0800. The lowest BCUT2D eigenvalue weighted by Crippen LogP contribution is -2.51. The van der Waals surface area contributed by atoms with Crippen LogP contribution in [0.2, 0.25) is 0 Å². The van der Waals surface area contributed by atoms with Crippen LogP contribution in [0.5, 0.6) is 5.75 Å². The van der Waals surface area contributed by atoms with Crippen LogP contribution in [0.25, 0.3) is 0 Å². The maximum atomic E-state index is 12.6. The molecule has 6 heteroatoms. The smallest absolute Gasteiger partial charge is 0.305 e. The Hall–Kier alpha value is -2.24. The van der Waals surface area contributed by atoms with Crippen LogP contribution >= 0.6 is 0 Å². The largest absolute Gasteiger partial charge is 0.477 e. The molecule has 1 aliphatic rings. The van der Waals surface area contributed by atoms with Crippen molar-refractivity contribution in [3.05, 3.63) is 24.3 Å². The molecular formula is C20H30N2O4. The highest BCUT2D eigenvalue weighted by atomic mass is 16.5. The molecule has 0 saturated heterocycles. The van der Waals surface area contributed by atoms with Crippen LogP contribution in [-0.4, -0.2) is 43.7 Å². The molecule has 0 aliphatic carbocycles. The number of carbonyl (C=O) groups is 2. The summed E-state index contributed by atoms with van der Waals surface area (Å²) in [6.07, 6.45) is 2.29. The second kappa shape index (κ2) is 10.0. The van der Waals surface area contributed by atoms with Crippen LogP contribution in [0, 0.1) is 0 Å². The number of nitrogens with zero attached hydrogens (tertiary/aromatic N) is 1. The number of amides is 1. The molecule has 0 radical (unpaired) electrons. The summed E-state index contributed by atoms with van der Waals surface area (Å²) in [6.45, 7) is 7.48. The lowest BCUT2D eigenvalue weighted by Gasteiger charge is -2.36. The van der Waals surface area contributed by atoms with E-state index in [-0.39, 0.29) is 17.9 Å². The molecule has 6 nitrogen and oxygen atoms in total.